The standard InChI is InChI=1S/C24H31F2N5O2.2C2H6/c1-18-6-5-7-19(16-18)17-27-29-23-20(25)22(33-15-12-30-10-13-32-14-11-30)21(26)24(28-23)31-8-3-2-4-9-31;2*1-2/h5-7,16-17H,2-4,8-15H2,1H3,(H,28,29);2*1-2H3/b27-17+;;. The van der Waals surface area contributed by atoms with Crippen LogP contribution in [0.4, 0.5) is 20.4 Å². The predicted octanol–water partition coefficient (Wildman–Crippen LogP) is 5.87. The number of hydrogen-bond donors (Lipinski definition) is 1. The molecule has 0 spiro atoms. The number of anilines is 2. The first-order chi connectivity index (χ1) is 18.1. The first kappa shape index (κ1) is 30.4. The minimum atomic E-state index is -0.878. The van der Waals surface area contributed by atoms with Crippen molar-refractivity contribution in [2.24, 2.45) is 5.10 Å². The van der Waals surface area contributed by atoms with Gasteiger partial charge in [0.05, 0.1) is 19.4 Å². The van der Waals surface area contributed by atoms with E-state index in [9.17, 15) is 0 Å². The van der Waals surface area contributed by atoms with Gasteiger partial charge in [-0.3, -0.25) is 10.3 Å². The largest absolute Gasteiger partial charge is 0.486 e. The summed E-state index contributed by atoms with van der Waals surface area (Å²) in [5, 5.41) is 4.13. The van der Waals surface area contributed by atoms with E-state index in [0.29, 0.717) is 32.8 Å². The molecule has 2 aliphatic heterocycles. The number of aromatic nitrogens is 1. The number of nitrogens with one attached hydrogen (secondary N) is 1. The van der Waals surface area contributed by atoms with Crippen LogP contribution in [0.15, 0.2) is 29.4 Å². The molecule has 9 heteroatoms. The highest BCUT2D eigenvalue weighted by molar-refractivity contribution is 5.80. The Labute approximate surface area is 220 Å². The van der Waals surface area contributed by atoms with Gasteiger partial charge in [0.1, 0.15) is 6.61 Å². The van der Waals surface area contributed by atoms with Gasteiger partial charge < -0.3 is 14.4 Å². The molecule has 2 saturated heterocycles. The summed E-state index contributed by atoms with van der Waals surface area (Å²) in [4.78, 5) is 8.25. The van der Waals surface area contributed by atoms with Crippen LogP contribution < -0.4 is 15.1 Å². The first-order valence-corrected chi connectivity index (χ1v) is 13.5. The summed E-state index contributed by atoms with van der Waals surface area (Å²) in [5.74, 6) is -2.10. The normalized spacial score (nSPS) is 15.9. The van der Waals surface area contributed by atoms with Gasteiger partial charge in [-0.1, -0.05) is 57.5 Å². The van der Waals surface area contributed by atoms with Crippen molar-refractivity contribution in [1.29, 1.82) is 0 Å². The van der Waals surface area contributed by atoms with E-state index in [1.165, 1.54) is 0 Å². The zero-order valence-corrected chi connectivity index (χ0v) is 23.0. The monoisotopic (exact) mass is 519 g/mol. The Bertz CT molecular complexity index is 962. The van der Waals surface area contributed by atoms with Crippen molar-refractivity contribution >= 4 is 17.9 Å². The molecule has 0 radical (unpaired) electrons. The Morgan fingerprint density at radius 3 is 2.41 bits per heavy atom. The molecule has 0 aliphatic carbocycles. The number of halogens is 2. The maximum absolute atomic E-state index is 15.3. The third kappa shape index (κ3) is 9.23. The number of morpholine rings is 1. The molecule has 2 fully saturated rings. The Morgan fingerprint density at radius 1 is 1.03 bits per heavy atom. The number of hydrazone groups is 1. The second-order valence-electron chi connectivity index (χ2n) is 8.38. The van der Waals surface area contributed by atoms with Crippen LogP contribution in [0, 0.1) is 18.6 Å². The van der Waals surface area contributed by atoms with E-state index >= 15 is 8.78 Å². The van der Waals surface area contributed by atoms with Crippen LogP contribution >= 0.6 is 0 Å². The number of hydrogen-bond acceptors (Lipinski definition) is 7. The van der Waals surface area contributed by atoms with Gasteiger partial charge in [-0.05, 0) is 31.7 Å². The molecule has 2 aliphatic rings. The van der Waals surface area contributed by atoms with E-state index < -0.39 is 17.4 Å². The zero-order valence-electron chi connectivity index (χ0n) is 23.0. The number of nitrogens with zero attached hydrogens (tertiary/aromatic N) is 4. The van der Waals surface area contributed by atoms with Gasteiger partial charge >= 0.3 is 0 Å². The molecule has 0 atom stereocenters. The Balaban J connectivity index is 0.00000115. The second-order valence-corrected chi connectivity index (χ2v) is 8.38. The summed E-state index contributed by atoms with van der Waals surface area (Å²) >= 11 is 0. The summed E-state index contributed by atoms with van der Waals surface area (Å²) in [6.45, 7) is 14.9. The van der Waals surface area contributed by atoms with Gasteiger partial charge in [0.25, 0.3) is 0 Å². The van der Waals surface area contributed by atoms with E-state index in [-0.39, 0.29) is 18.2 Å². The lowest BCUT2D eigenvalue weighted by Gasteiger charge is -2.29. The zero-order chi connectivity index (χ0) is 27.0. The molecule has 0 bridgehead atoms. The highest BCUT2D eigenvalue weighted by atomic mass is 19.1. The van der Waals surface area contributed by atoms with Crippen molar-refractivity contribution in [3.63, 3.8) is 0 Å². The lowest BCUT2D eigenvalue weighted by Crippen LogP contribution is -2.38. The fraction of sp³-hybridized carbons (Fsp3) is 0.571. The third-order valence-corrected chi connectivity index (χ3v) is 5.86. The van der Waals surface area contributed by atoms with Crippen molar-refractivity contribution in [2.45, 2.75) is 53.9 Å². The van der Waals surface area contributed by atoms with Crippen LogP contribution in [-0.4, -0.2) is 68.6 Å². The number of aryl methyl sites for hydroxylation is 1. The Kier molecular flexibility index (Phi) is 13.9. The van der Waals surface area contributed by atoms with E-state index in [2.05, 4.69) is 20.4 Å². The summed E-state index contributed by atoms with van der Waals surface area (Å²) < 4.78 is 41.5. The molecule has 2 aromatic rings. The van der Waals surface area contributed by atoms with Crippen LogP contribution in [-0.2, 0) is 4.74 Å². The number of piperidine rings is 1. The molecular formula is C28H43F2N5O2. The highest BCUT2D eigenvalue weighted by Crippen LogP contribution is 2.34. The van der Waals surface area contributed by atoms with Crippen LogP contribution in [0.2, 0.25) is 0 Å². The molecule has 0 saturated carbocycles. The molecule has 3 heterocycles. The number of ether oxygens (including phenoxy) is 2. The molecule has 37 heavy (non-hydrogen) atoms. The smallest absolute Gasteiger partial charge is 0.212 e. The molecule has 4 rings (SSSR count). The van der Waals surface area contributed by atoms with E-state index in [0.717, 1.165) is 43.5 Å². The van der Waals surface area contributed by atoms with Gasteiger partial charge in [0.15, 0.2) is 17.4 Å². The highest BCUT2D eigenvalue weighted by Gasteiger charge is 2.26. The number of rotatable bonds is 8. The fourth-order valence-electron chi connectivity index (χ4n) is 4.05. The van der Waals surface area contributed by atoms with Crippen molar-refractivity contribution < 1.29 is 18.3 Å². The molecule has 0 unspecified atom stereocenters. The lowest BCUT2D eigenvalue weighted by molar-refractivity contribution is 0.0318. The SMILES string of the molecule is CC.CC.Cc1cccc(/C=N/Nc2nc(N3CCCCC3)c(F)c(OCCN3CCOCC3)c2F)c1. The molecule has 7 nitrogen and oxygen atoms in total. The maximum Gasteiger partial charge on any atom is 0.212 e. The Hall–Kier alpha value is -2.78. The average Bonchev–Trinajstić information content (AvgIpc) is 2.95. The molecular weight excluding hydrogens is 476 g/mol. The number of pyridine rings is 1. The minimum absolute atomic E-state index is 0.103. The van der Waals surface area contributed by atoms with Gasteiger partial charge in [0, 0.05) is 32.7 Å². The van der Waals surface area contributed by atoms with Gasteiger partial charge in [-0.2, -0.15) is 13.9 Å². The van der Waals surface area contributed by atoms with Crippen molar-refractivity contribution in [1.82, 2.24) is 9.88 Å². The molecule has 206 valence electrons. The summed E-state index contributed by atoms with van der Waals surface area (Å²) in [6.07, 6.45) is 4.56. The molecule has 1 aromatic heterocycles. The van der Waals surface area contributed by atoms with Gasteiger partial charge in [-0.15, -0.1) is 0 Å². The summed E-state index contributed by atoms with van der Waals surface area (Å²) in [5.41, 5.74) is 4.61. The third-order valence-electron chi connectivity index (χ3n) is 5.86. The van der Waals surface area contributed by atoms with Crippen LogP contribution in [0.25, 0.3) is 0 Å². The van der Waals surface area contributed by atoms with Crippen LogP contribution in [0.5, 0.6) is 5.75 Å². The predicted molar refractivity (Wildman–Crippen MR) is 148 cm³/mol. The second kappa shape index (κ2) is 16.9. The number of benzene rings is 1. The van der Waals surface area contributed by atoms with E-state index in [4.69, 9.17) is 9.47 Å². The lowest BCUT2D eigenvalue weighted by atomic mass is 10.1. The van der Waals surface area contributed by atoms with Crippen molar-refractivity contribution in [3.05, 3.63) is 47.0 Å². The van der Waals surface area contributed by atoms with Gasteiger partial charge in [0.2, 0.25) is 11.6 Å². The quantitative estimate of drug-likeness (QED) is 0.348. The maximum atomic E-state index is 15.3. The summed E-state index contributed by atoms with van der Waals surface area (Å²) in [7, 11) is 0. The molecule has 1 aromatic carbocycles. The first-order valence-electron chi connectivity index (χ1n) is 13.5. The molecule has 1 N–H and O–H groups in total. The van der Waals surface area contributed by atoms with Crippen LogP contribution in [0.3, 0.4) is 0 Å². The van der Waals surface area contributed by atoms with E-state index in [1.807, 2.05) is 63.8 Å². The minimum Gasteiger partial charge on any atom is -0.486 e. The van der Waals surface area contributed by atoms with E-state index in [1.54, 1.807) is 6.21 Å². The van der Waals surface area contributed by atoms with Crippen molar-refractivity contribution in [3.8, 4) is 5.75 Å². The fourth-order valence-corrected chi connectivity index (χ4v) is 4.05. The van der Waals surface area contributed by atoms with Crippen LogP contribution in [0.1, 0.15) is 58.1 Å². The Morgan fingerprint density at radius 2 is 1.73 bits per heavy atom. The topological polar surface area (TPSA) is 62.2 Å². The van der Waals surface area contributed by atoms with Gasteiger partial charge in [-0.25, -0.2) is 4.98 Å². The average molecular weight is 520 g/mol. The molecule has 0 amide bonds. The van der Waals surface area contributed by atoms with Crippen molar-refractivity contribution in [2.75, 3.05) is 62.9 Å². The summed E-state index contributed by atoms with van der Waals surface area (Å²) in [6, 6.07) is 7.75.